The lowest BCUT2D eigenvalue weighted by atomic mass is 10.1. The van der Waals surface area contributed by atoms with Gasteiger partial charge < -0.3 is 5.32 Å². The van der Waals surface area contributed by atoms with Crippen LogP contribution in [0.1, 0.15) is 38.8 Å². The Kier molecular flexibility index (Phi) is 5.59. The lowest BCUT2D eigenvalue weighted by Crippen LogP contribution is -2.06. The minimum Gasteiger partial charge on any atom is -0.370 e. The predicted molar refractivity (Wildman–Crippen MR) is 93.0 cm³/mol. The third-order valence-electron chi connectivity index (χ3n) is 3.06. The van der Waals surface area contributed by atoms with E-state index in [-0.39, 0.29) is 0 Å². The zero-order chi connectivity index (χ0) is 15.4. The molecule has 0 aliphatic heterocycles. The molecule has 1 N–H and O–H groups in total. The van der Waals surface area contributed by atoms with Gasteiger partial charge >= 0.3 is 0 Å². The summed E-state index contributed by atoms with van der Waals surface area (Å²) in [6.45, 7) is 7.26. The van der Waals surface area contributed by atoms with E-state index in [4.69, 9.17) is 11.6 Å². The largest absolute Gasteiger partial charge is 0.370 e. The number of anilines is 1. The lowest BCUT2D eigenvalue weighted by molar-refractivity contribution is 0.816. The molecule has 2 rings (SSSR count). The highest BCUT2D eigenvalue weighted by Gasteiger charge is 2.12. The van der Waals surface area contributed by atoms with Crippen molar-refractivity contribution >= 4 is 33.3 Å². The zero-order valence-electron chi connectivity index (χ0n) is 12.5. The number of nitrogens with one attached hydrogen (secondary N) is 1. The van der Waals surface area contributed by atoms with Crippen LogP contribution in [0.25, 0.3) is 11.4 Å². The van der Waals surface area contributed by atoms with E-state index in [2.05, 4.69) is 52.0 Å². The number of hydrogen-bond acceptors (Lipinski definition) is 3. The van der Waals surface area contributed by atoms with E-state index < -0.39 is 0 Å². The Morgan fingerprint density at radius 3 is 2.67 bits per heavy atom. The minimum absolute atomic E-state index is 0.333. The van der Waals surface area contributed by atoms with Gasteiger partial charge in [0, 0.05) is 28.3 Å². The topological polar surface area (TPSA) is 37.8 Å². The SMILES string of the molecule is CCCNc1cc(C(C)C)nc(-c2cc(Br)ccc2Cl)n1. The van der Waals surface area contributed by atoms with E-state index in [9.17, 15) is 0 Å². The fourth-order valence-corrected chi connectivity index (χ4v) is 2.46. The van der Waals surface area contributed by atoms with Crippen LogP contribution < -0.4 is 5.32 Å². The van der Waals surface area contributed by atoms with E-state index in [0.717, 1.165) is 34.5 Å². The Morgan fingerprint density at radius 2 is 2.00 bits per heavy atom. The van der Waals surface area contributed by atoms with Crippen molar-refractivity contribution in [3.05, 3.63) is 39.5 Å². The maximum absolute atomic E-state index is 6.30. The third-order valence-corrected chi connectivity index (χ3v) is 3.89. The van der Waals surface area contributed by atoms with Crippen molar-refractivity contribution in [2.24, 2.45) is 0 Å². The summed E-state index contributed by atoms with van der Waals surface area (Å²) < 4.78 is 0.962. The fraction of sp³-hybridized carbons (Fsp3) is 0.375. The van der Waals surface area contributed by atoms with E-state index >= 15 is 0 Å². The van der Waals surface area contributed by atoms with Crippen molar-refractivity contribution in [2.75, 3.05) is 11.9 Å². The summed E-state index contributed by atoms with van der Waals surface area (Å²) >= 11 is 9.77. The first-order valence-corrected chi connectivity index (χ1v) is 8.26. The molecule has 0 amide bonds. The average Bonchev–Trinajstić information content (AvgIpc) is 2.47. The van der Waals surface area contributed by atoms with Gasteiger partial charge in [-0.2, -0.15) is 0 Å². The summed E-state index contributed by atoms with van der Waals surface area (Å²) in [6.07, 6.45) is 1.05. The Hall–Kier alpha value is -1.13. The average molecular weight is 369 g/mol. The van der Waals surface area contributed by atoms with Gasteiger partial charge in [-0.25, -0.2) is 9.97 Å². The Bertz CT molecular complexity index is 629. The smallest absolute Gasteiger partial charge is 0.163 e. The fourth-order valence-electron chi connectivity index (χ4n) is 1.89. The number of hydrogen-bond donors (Lipinski definition) is 1. The van der Waals surface area contributed by atoms with Crippen LogP contribution in [-0.4, -0.2) is 16.5 Å². The van der Waals surface area contributed by atoms with Crippen molar-refractivity contribution in [3.8, 4) is 11.4 Å². The standard InChI is InChI=1S/C16H19BrClN3/c1-4-7-19-15-9-14(10(2)3)20-16(21-15)12-8-11(17)5-6-13(12)18/h5-6,8-10H,4,7H2,1-3H3,(H,19,20,21). The van der Waals surface area contributed by atoms with Crippen LogP contribution in [0.5, 0.6) is 0 Å². The summed E-state index contributed by atoms with van der Waals surface area (Å²) in [5.41, 5.74) is 1.85. The normalized spacial score (nSPS) is 11.0. The first-order valence-electron chi connectivity index (χ1n) is 7.09. The second-order valence-corrected chi connectivity index (χ2v) is 6.53. The van der Waals surface area contributed by atoms with Crippen LogP contribution in [0, 0.1) is 0 Å². The summed E-state index contributed by atoms with van der Waals surface area (Å²) in [4.78, 5) is 9.25. The van der Waals surface area contributed by atoms with Gasteiger partial charge in [0.1, 0.15) is 5.82 Å². The number of benzene rings is 1. The lowest BCUT2D eigenvalue weighted by Gasteiger charge is -2.12. The molecule has 3 nitrogen and oxygen atoms in total. The van der Waals surface area contributed by atoms with Crippen molar-refractivity contribution in [3.63, 3.8) is 0 Å². The molecule has 0 spiro atoms. The van der Waals surface area contributed by atoms with Crippen molar-refractivity contribution in [2.45, 2.75) is 33.1 Å². The second kappa shape index (κ2) is 7.23. The highest BCUT2D eigenvalue weighted by Crippen LogP contribution is 2.30. The summed E-state index contributed by atoms with van der Waals surface area (Å²) in [5, 5.41) is 3.98. The van der Waals surface area contributed by atoms with Gasteiger partial charge in [-0.3, -0.25) is 0 Å². The van der Waals surface area contributed by atoms with Crippen LogP contribution in [0.15, 0.2) is 28.7 Å². The molecular weight excluding hydrogens is 350 g/mol. The van der Waals surface area contributed by atoms with Crippen LogP contribution in [-0.2, 0) is 0 Å². The predicted octanol–water partition coefficient (Wildman–Crippen LogP) is 5.50. The molecule has 0 bridgehead atoms. The van der Waals surface area contributed by atoms with Crippen molar-refractivity contribution in [1.82, 2.24) is 9.97 Å². The first-order chi connectivity index (χ1) is 10.0. The number of halogens is 2. The Balaban J connectivity index is 2.51. The van der Waals surface area contributed by atoms with E-state index in [1.54, 1.807) is 0 Å². The number of nitrogens with zero attached hydrogens (tertiary/aromatic N) is 2. The molecule has 5 heteroatoms. The van der Waals surface area contributed by atoms with Gasteiger partial charge in [0.25, 0.3) is 0 Å². The monoisotopic (exact) mass is 367 g/mol. The number of rotatable bonds is 5. The van der Waals surface area contributed by atoms with Gasteiger partial charge in [0.15, 0.2) is 5.82 Å². The molecule has 0 aliphatic rings. The molecular formula is C16H19BrClN3. The molecule has 0 saturated heterocycles. The summed E-state index contributed by atoms with van der Waals surface area (Å²) in [7, 11) is 0. The molecule has 0 atom stereocenters. The molecule has 0 fully saturated rings. The minimum atomic E-state index is 0.333. The first kappa shape index (κ1) is 16.2. The summed E-state index contributed by atoms with van der Waals surface area (Å²) in [6, 6.07) is 7.72. The number of aromatic nitrogens is 2. The molecule has 1 aromatic heterocycles. The van der Waals surface area contributed by atoms with Crippen LogP contribution in [0.2, 0.25) is 5.02 Å². The van der Waals surface area contributed by atoms with Crippen LogP contribution >= 0.6 is 27.5 Å². The third kappa shape index (κ3) is 4.17. The van der Waals surface area contributed by atoms with Crippen LogP contribution in [0.3, 0.4) is 0 Å². The second-order valence-electron chi connectivity index (χ2n) is 5.21. The quantitative estimate of drug-likeness (QED) is 0.756. The van der Waals surface area contributed by atoms with Crippen molar-refractivity contribution < 1.29 is 0 Å². The maximum atomic E-state index is 6.30. The molecule has 0 aliphatic carbocycles. The molecule has 112 valence electrons. The van der Waals surface area contributed by atoms with Gasteiger partial charge in [-0.15, -0.1) is 0 Å². The Labute approximate surface area is 139 Å². The summed E-state index contributed by atoms with van der Waals surface area (Å²) in [5.74, 6) is 1.84. The zero-order valence-corrected chi connectivity index (χ0v) is 14.8. The van der Waals surface area contributed by atoms with Gasteiger partial charge in [-0.05, 0) is 30.5 Å². The highest BCUT2D eigenvalue weighted by atomic mass is 79.9. The van der Waals surface area contributed by atoms with E-state index in [0.29, 0.717) is 16.8 Å². The molecule has 0 radical (unpaired) electrons. The van der Waals surface area contributed by atoms with Gasteiger partial charge in [0.05, 0.1) is 5.02 Å². The Morgan fingerprint density at radius 1 is 1.24 bits per heavy atom. The molecule has 1 aromatic carbocycles. The molecule has 21 heavy (non-hydrogen) atoms. The van der Waals surface area contributed by atoms with E-state index in [1.807, 2.05) is 24.3 Å². The van der Waals surface area contributed by atoms with E-state index in [1.165, 1.54) is 0 Å². The van der Waals surface area contributed by atoms with Crippen LogP contribution in [0.4, 0.5) is 5.82 Å². The van der Waals surface area contributed by atoms with Crippen molar-refractivity contribution in [1.29, 1.82) is 0 Å². The maximum Gasteiger partial charge on any atom is 0.163 e. The molecule has 0 unspecified atom stereocenters. The molecule has 1 heterocycles. The van der Waals surface area contributed by atoms with Gasteiger partial charge in [-0.1, -0.05) is 48.3 Å². The molecule has 2 aromatic rings. The van der Waals surface area contributed by atoms with Gasteiger partial charge in [0.2, 0.25) is 0 Å². The highest BCUT2D eigenvalue weighted by molar-refractivity contribution is 9.10. The molecule has 0 saturated carbocycles.